The molecule has 6 N–H and O–H groups in total. The van der Waals surface area contributed by atoms with Crippen LogP contribution in [0, 0.1) is 5.82 Å². The fourth-order valence-electron chi connectivity index (χ4n) is 0.998. The van der Waals surface area contributed by atoms with Crippen LogP contribution in [0.1, 0.15) is 11.6 Å². The first-order valence-electron chi connectivity index (χ1n) is 3.71. The van der Waals surface area contributed by atoms with Crippen molar-refractivity contribution in [1.82, 2.24) is 0 Å². The minimum atomic E-state index is -0.747. The Hall–Kier alpha value is -1.33. The molecular weight excluding hydrogens is 175 g/mol. The summed E-state index contributed by atoms with van der Waals surface area (Å²) in [6.45, 7) is -0.335. The van der Waals surface area contributed by atoms with Gasteiger partial charge in [-0.05, 0) is 6.07 Å². The van der Waals surface area contributed by atoms with Crippen LogP contribution in [-0.4, -0.2) is 16.8 Å². The smallest absolute Gasteiger partial charge is 0.149 e. The predicted molar refractivity (Wildman–Crippen MR) is 46.5 cm³/mol. The summed E-state index contributed by atoms with van der Waals surface area (Å²) in [7, 11) is 0. The molecule has 0 radical (unpaired) electrons. The van der Waals surface area contributed by atoms with E-state index in [1.54, 1.807) is 0 Å². The molecule has 4 nitrogen and oxygen atoms in total. The molecule has 0 unspecified atom stereocenters. The maximum Gasteiger partial charge on any atom is 0.149 e. The van der Waals surface area contributed by atoms with Crippen LogP contribution < -0.4 is 11.5 Å². The molecule has 0 saturated heterocycles. The Kier molecular flexibility index (Phi) is 2.69. The Labute approximate surface area is 74.6 Å². The first kappa shape index (κ1) is 9.76. The third-order valence-electron chi connectivity index (χ3n) is 1.79. The summed E-state index contributed by atoms with van der Waals surface area (Å²) in [5, 5.41) is 18.0. The molecule has 0 heterocycles. The number of anilines is 1. The van der Waals surface area contributed by atoms with Crippen molar-refractivity contribution in [2.24, 2.45) is 5.73 Å². The molecule has 0 saturated carbocycles. The average molecular weight is 186 g/mol. The first-order chi connectivity index (χ1) is 6.07. The lowest BCUT2D eigenvalue weighted by atomic mass is 10.1. The van der Waals surface area contributed by atoms with Gasteiger partial charge >= 0.3 is 0 Å². The van der Waals surface area contributed by atoms with E-state index >= 15 is 0 Å². The van der Waals surface area contributed by atoms with Gasteiger partial charge in [-0.3, -0.25) is 0 Å². The lowest BCUT2D eigenvalue weighted by Gasteiger charge is -2.12. The monoisotopic (exact) mass is 186 g/mol. The van der Waals surface area contributed by atoms with Crippen LogP contribution in [0.4, 0.5) is 10.1 Å². The molecule has 0 bridgehead atoms. The second-order valence-electron chi connectivity index (χ2n) is 2.69. The van der Waals surface area contributed by atoms with Crippen LogP contribution in [0.15, 0.2) is 12.1 Å². The summed E-state index contributed by atoms with van der Waals surface area (Å²) in [4.78, 5) is 0. The molecule has 0 aliphatic carbocycles. The van der Waals surface area contributed by atoms with Gasteiger partial charge in [-0.2, -0.15) is 0 Å². The summed E-state index contributed by atoms with van der Waals surface area (Å²) < 4.78 is 12.7. The predicted octanol–water partition coefficient (Wildman–Crippen LogP) is 0.106. The third-order valence-corrected chi connectivity index (χ3v) is 1.79. The number of benzene rings is 1. The van der Waals surface area contributed by atoms with Crippen molar-refractivity contribution in [3.63, 3.8) is 0 Å². The van der Waals surface area contributed by atoms with Gasteiger partial charge in [0, 0.05) is 5.56 Å². The van der Waals surface area contributed by atoms with Crippen LogP contribution in [0.25, 0.3) is 0 Å². The van der Waals surface area contributed by atoms with Crippen molar-refractivity contribution in [3.8, 4) is 5.75 Å². The summed E-state index contributed by atoms with van der Waals surface area (Å²) in [6, 6.07) is 1.64. The van der Waals surface area contributed by atoms with E-state index in [9.17, 15) is 9.50 Å². The van der Waals surface area contributed by atoms with Crippen LogP contribution in [0.3, 0.4) is 0 Å². The number of aromatic hydroxyl groups is 1. The Morgan fingerprint density at radius 1 is 1.46 bits per heavy atom. The fraction of sp³-hybridized carbons (Fsp3) is 0.250. The van der Waals surface area contributed by atoms with Crippen LogP contribution in [0.5, 0.6) is 5.75 Å². The Balaban J connectivity index is 3.18. The zero-order valence-electron chi connectivity index (χ0n) is 6.87. The van der Waals surface area contributed by atoms with Crippen LogP contribution >= 0.6 is 0 Å². The molecule has 0 spiro atoms. The van der Waals surface area contributed by atoms with Gasteiger partial charge in [-0.25, -0.2) is 4.39 Å². The van der Waals surface area contributed by atoms with Gasteiger partial charge in [-0.15, -0.1) is 0 Å². The lowest BCUT2D eigenvalue weighted by Crippen LogP contribution is -2.15. The summed E-state index contributed by atoms with van der Waals surface area (Å²) >= 11 is 0. The molecule has 0 amide bonds. The van der Waals surface area contributed by atoms with E-state index in [0.29, 0.717) is 0 Å². The summed E-state index contributed by atoms with van der Waals surface area (Å²) in [5.41, 5.74) is 10.5. The SMILES string of the molecule is Nc1c(F)ccc([C@H](N)CO)c1O. The Morgan fingerprint density at radius 2 is 2.08 bits per heavy atom. The number of phenolic OH excluding ortho intramolecular Hbond substituents is 1. The van der Waals surface area contributed by atoms with Crippen LogP contribution in [0.2, 0.25) is 0 Å². The van der Waals surface area contributed by atoms with Gasteiger partial charge in [0.1, 0.15) is 17.3 Å². The molecule has 13 heavy (non-hydrogen) atoms. The van der Waals surface area contributed by atoms with E-state index in [4.69, 9.17) is 16.6 Å². The number of phenols is 1. The van der Waals surface area contributed by atoms with Crippen LogP contribution in [-0.2, 0) is 0 Å². The number of hydrogen-bond donors (Lipinski definition) is 4. The van der Waals surface area contributed by atoms with E-state index in [0.717, 1.165) is 6.07 Å². The van der Waals surface area contributed by atoms with Crippen molar-refractivity contribution in [3.05, 3.63) is 23.5 Å². The quantitative estimate of drug-likeness (QED) is 0.389. The van der Waals surface area contributed by atoms with Gasteiger partial charge < -0.3 is 21.7 Å². The van der Waals surface area contributed by atoms with Gasteiger partial charge in [0.2, 0.25) is 0 Å². The number of nitrogens with two attached hydrogens (primary N) is 2. The molecule has 5 heteroatoms. The molecule has 0 aliphatic heterocycles. The highest BCUT2D eigenvalue weighted by atomic mass is 19.1. The normalized spacial score (nSPS) is 12.8. The maximum atomic E-state index is 12.7. The zero-order valence-corrected chi connectivity index (χ0v) is 6.87. The molecule has 0 fully saturated rings. The zero-order chi connectivity index (χ0) is 10.0. The molecule has 1 aromatic carbocycles. The minimum Gasteiger partial charge on any atom is -0.505 e. The topological polar surface area (TPSA) is 92.5 Å². The summed E-state index contributed by atoms with van der Waals surface area (Å²) in [5.74, 6) is -1.10. The first-order valence-corrected chi connectivity index (χ1v) is 3.71. The lowest BCUT2D eigenvalue weighted by molar-refractivity contribution is 0.265. The van der Waals surface area contributed by atoms with Gasteiger partial charge in [0.15, 0.2) is 0 Å². The fourth-order valence-corrected chi connectivity index (χ4v) is 0.998. The molecule has 1 rings (SSSR count). The van der Waals surface area contributed by atoms with Gasteiger partial charge in [-0.1, -0.05) is 6.07 Å². The molecule has 0 aromatic heterocycles. The van der Waals surface area contributed by atoms with Crippen molar-refractivity contribution < 1.29 is 14.6 Å². The van der Waals surface area contributed by atoms with Crippen molar-refractivity contribution in [2.45, 2.75) is 6.04 Å². The largest absolute Gasteiger partial charge is 0.505 e. The Morgan fingerprint density at radius 3 is 2.62 bits per heavy atom. The van der Waals surface area contributed by atoms with Crippen molar-refractivity contribution in [2.75, 3.05) is 12.3 Å². The standard InChI is InChI=1S/C8H11FN2O2/c9-5-2-1-4(6(10)3-12)8(13)7(5)11/h1-2,6,12-13H,3,10-11H2/t6-/m1/s1. The highest BCUT2D eigenvalue weighted by molar-refractivity contribution is 5.57. The number of aliphatic hydroxyl groups is 1. The molecule has 0 aliphatic rings. The third kappa shape index (κ3) is 1.71. The van der Waals surface area contributed by atoms with E-state index in [1.807, 2.05) is 0 Å². The second-order valence-corrected chi connectivity index (χ2v) is 2.69. The summed E-state index contributed by atoms with van der Waals surface area (Å²) in [6.07, 6.45) is 0. The number of nitrogen functional groups attached to an aromatic ring is 1. The van der Waals surface area contributed by atoms with Gasteiger partial charge in [0.25, 0.3) is 0 Å². The highest BCUT2D eigenvalue weighted by Gasteiger charge is 2.14. The number of aliphatic hydroxyl groups excluding tert-OH is 1. The van der Waals surface area contributed by atoms with Gasteiger partial charge in [0.05, 0.1) is 12.6 Å². The molecule has 72 valence electrons. The number of hydrogen-bond acceptors (Lipinski definition) is 4. The van der Waals surface area contributed by atoms with E-state index in [2.05, 4.69) is 0 Å². The minimum absolute atomic E-state index is 0.237. The van der Waals surface area contributed by atoms with Crippen molar-refractivity contribution in [1.29, 1.82) is 0 Å². The maximum absolute atomic E-state index is 12.7. The average Bonchev–Trinajstić information content (AvgIpc) is 2.13. The van der Waals surface area contributed by atoms with E-state index < -0.39 is 17.6 Å². The Bertz CT molecular complexity index is 317. The van der Waals surface area contributed by atoms with E-state index in [1.165, 1.54) is 6.07 Å². The highest BCUT2D eigenvalue weighted by Crippen LogP contribution is 2.30. The second kappa shape index (κ2) is 3.59. The number of halogens is 1. The molecular formula is C8H11FN2O2. The number of rotatable bonds is 2. The van der Waals surface area contributed by atoms with Crippen molar-refractivity contribution >= 4 is 5.69 Å². The molecule has 1 atom stereocenters. The molecule has 1 aromatic rings. The van der Waals surface area contributed by atoms with E-state index in [-0.39, 0.29) is 17.9 Å².